The van der Waals surface area contributed by atoms with Gasteiger partial charge in [0.05, 0.1) is 0 Å². The fourth-order valence-electron chi connectivity index (χ4n) is 4.72. The van der Waals surface area contributed by atoms with Crippen molar-refractivity contribution >= 4 is 12.2 Å². The predicted molar refractivity (Wildman–Crippen MR) is 141 cm³/mol. The Morgan fingerprint density at radius 1 is 1.05 bits per heavy atom. The Bertz CT molecular complexity index is 1210. The van der Waals surface area contributed by atoms with E-state index >= 15 is 0 Å². The number of rotatable bonds is 8. The highest BCUT2D eigenvalue weighted by Crippen LogP contribution is 2.47. The second-order valence-electron chi connectivity index (χ2n) is 9.48. The summed E-state index contributed by atoms with van der Waals surface area (Å²) in [5.41, 5.74) is 3.52. The van der Waals surface area contributed by atoms with Gasteiger partial charge in [0, 0.05) is 55.7 Å². The number of aromatic nitrogens is 4. The Kier molecular flexibility index (Phi) is 8.28. The van der Waals surface area contributed by atoms with Crippen molar-refractivity contribution in [2.24, 2.45) is 5.92 Å². The smallest absolute Gasteiger partial charge is 0.409 e. The number of hydrogen-bond donors (Lipinski definition) is 0. The molecule has 37 heavy (non-hydrogen) atoms. The first-order valence-corrected chi connectivity index (χ1v) is 12.6. The molecule has 8 heteroatoms. The van der Waals surface area contributed by atoms with Gasteiger partial charge >= 0.3 is 12.2 Å². The van der Waals surface area contributed by atoms with Crippen molar-refractivity contribution in [3.63, 3.8) is 0 Å². The molecule has 0 amide bonds. The lowest BCUT2D eigenvalue weighted by atomic mass is 9.73. The van der Waals surface area contributed by atoms with Crippen LogP contribution in [-0.4, -0.2) is 31.3 Å². The summed E-state index contributed by atoms with van der Waals surface area (Å²) in [6, 6.07) is 3.77. The minimum Gasteiger partial charge on any atom is -0.409 e. The third-order valence-corrected chi connectivity index (χ3v) is 6.66. The number of unbranched alkanes of at least 4 members (excludes halogenated alkanes) is 2. The third-order valence-electron chi connectivity index (χ3n) is 6.66. The minimum absolute atomic E-state index is 0.00830. The Morgan fingerprint density at radius 2 is 1.65 bits per heavy atom. The first-order valence-electron chi connectivity index (χ1n) is 12.6. The van der Waals surface area contributed by atoms with Crippen LogP contribution in [0.2, 0.25) is 0 Å². The number of hydrogen-bond acceptors (Lipinski definition) is 6. The van der Waals surface area contributed by atoms with Crippen LogP contribution in [0.5, 0.6) is 11.5 Å². The number of carbonyl (C=O) groups is 2. The van der Waals surface area contributed by atoms with Crippen LogP contribution in [-0.2, 0) is 6.42 Å². The van der Waals surface area contributed by atoms with E-state index < -0.39 is 12.2 Å². The van der Waals surface area contributed by atoms with Crippen LogP contribution in [0.1, 0.15) is 63.0 Å². The Labute approximate surface area is 217 Å². The van der Waals surface area contributed by atoms with Gasteiger partial charge < -0.3 is 9.47 Å². The van der Waals surface area contributed by atoms with Crippen molar-refractivity contribution in [2.45, 2.75) is 58.3 Å². The number of ether oxygens (including phenoxy) is 2. The first-order chi connectivity index (χ1) is 17.9. The standard InChI is InChI=1S/C29H33N4O4/c1-5-6-7-8-22-16-25(36-28(34)32-13-11-30-18-32)27(24-15-21(4)9-10-23(24)20(2)3)26(17-22)37-29(35)33-14-12-31-19-33/h11-19,23-24H,2-3,5-10H2,1,4H3/q+1/t23-,24+/m0/s1. The van der Waals surface area contributed by atoms with Crippen molar-refractivity contribution in [1.82, 2.24) is 19.1 Å². The third kappa shape index (κ3) is 6.20. The summed E-state index contributed by atoms with van der Waals surface area (Å²) in [5, 5.41) is 0. The van der Waals surface area contributed by atoms with E-state index in [2.05, 4.69) is 43.4 Å². The number of benzene rings is 1. The molecule has 0 fully saturated rings. The SMILES string of the molecule is C=C([CH2+])[C@@H]1CCC(C)=C[C@H]1c1c(OC(=O)n2ccnc2)cc(CCCCC)cc1OC(=O)n1ccnc1. The predicted octanol–water partition coefficient (Wildman–Crippen LogP) is 6.74. The van der Waals surface area contributed by atoms with Crippen molar-refractivity contribution < 1.29 is 19.1 Å². The zero-order chi connectivity index (χ0) is 26.4. The van der Waals surface area contributed by atoms with Crippen molar-refractivity contribution in [3.05, 3.63) is 91.4 Å². The van der Waals surface area contributed by atoms with Gasteiger partial charge in [0.15, 0.2) is 0 Å². The molecular weight excluding hydrogens is 468 g/mol. The Balaban J connectivity index is 1.85. The van der Waals surface area contributed by atoms with Crippen LogP contribution in [0.4, 0.5) is 9.59 Å². The minimum atomic E-state index is -0.599. The van der Waals surface area contributed by atoms with Crippen molar-refractivity contribution in [1.29, 1.82) is 0 Å². The maximum atomic E-state index is 13.0. The van der Waals surface area contributed by atoms with E-state index in [0.717, 1.165) is 49.7 Å². The summed E-state index contributed by atoms with van der Waals surface area (Å²) >= 11 is 0. The van der Waals surface area contributed by atoms with Gasteiger partial charge in [-0.3, -0.25) is 0 Å². The fraction of sp³-hybridized carbons (Fsp3) is 0.345. The average Bonchev–Trinajstić information content (AvgIpc) is 3.59. The van der Waals surface area contributed by atoms with E-state index in [1.165, 1.54) is 52.1 Å². The second kappa shape index (κ2) is 11.8. The van der Waals surface area contributed by atoms with E-state index in [1.807, 2.05) is 12.1 Å². The molecule has 0 unspecified atom stereocenters. The second-order valence-corrected chi connectivity index (χ2v) is 9.48. The van der Waals surface area contributed by atoms with Gasteiger partial charge in [-0.1, -0.05) is 31.4 Å². The number of aryl methyl sites for hydroxylation is 1. The summed E-state index contributed by atoms with van der Waals surface area (Å²) in [5.74, 6) is 0.456. The molecule has 0 bridgehead atoms. The summed E-state index contributed by atoms with van der Waals surface area (Å²) in [6.45, 7) is 12.5. The summed E-state index contributed by atoms with van der Waals surface area (Å²) in [7, 11) is 0. The quantitative estimate of drug-likeness (QED) is 0.193. The molecule has 0 spiro atoms. The maximum Gasteiger partial charge on any atom is 0.424 e. The van der Waals surface area contributed by atoms with Crippen LogP contribution in [0.3, 0.4) is 0 Å². The lowest BCUT2D eigenvalue weighted by molar-refractivity contribution is 0.199. The molecule has 0 saturated heterocycles. The lowest BCUT2D eigenvalue weighted by Gasteiger charge is -2.30. The van der Waals surface area contributed by atoms with Gasteiger partial charge in [-0.25, -0.2) is 28.7 Å². The molecular formula is C29H33N4O4+. The van der Waals surface area contributed by atoms with E-state index in [4.69, 9.17) is 9.47 Å². The van der Waals surface area contributed by atoms with Gasteiger partial charge in [-0.05, 0) is 50.3 Å². The molecule has 1 aliphatic carbocycles. The molecule has 0 radical (unpaired) electrons. The van der Waals surface area contributed by atoms with Gasteiger partial charge in [0.1, 0.15) is 29.7 Å². The van der Waals surface area contributed by atoms with E-state index in [1.54, 1.807) is 0 Å². The van der Waals surface area contributed by atoms with Crippen LogP contribution in [0.25, 0.3) is 0 Å². The van der Waals surface area contributed by atoms with Gasteiger partial charge in [-0.15, -0.1) is 0 Å². The van der Waals surface area contributed by atoms with E-state index in [0.29, 0.717) is 17.1 Å². The highest BCUT2D eigenvalue weighted by Gasteiger charge is 2.34. The molecule has 2 atom stereocenters. The lowest BCUT2D eigenvalue weighted by Crippen LogP contribution is -2.23. The summed E-state index contributed by atoms with van der Waals surface area (Å²) in [4.78, 5) is 33.9. The van der Waals surface area contributed by atoms with Crippen LogP contribution >= 0.6 is 0 Å². The zero-order valence-electron chi connectivity index (χ0n) is 21.4. The fourth-order valence-corrected chi connectivity index (χ4v) is 4.72. The number of imidazole rings is 2. The molecule has 8 nitrogen and oxygen atoms in total. The van der Waals surface area contributed by atoms with Crippen molar-refractivity contribution in [3.8, 4) is 11.5 Å². The van der Waals surface area contributed by atoms with E-state index in [-0.39, 0.29) is 11.8 Å². The molecule has 3 aromatic rings. The van der Waals surface area contributed by atoms with Gasteiger partial charge in [0.2, 0.25) is 0 Å². The van der Waals surface area contributed by atoms with Crippen LogP contribution in [0.15, 0.2) is 73.4 Å². The molecule has 0 aliphatic heterocycles. The number of carbonyl (C=O) groups excluding carboxylic acids is 2. The summed E-state index contributed by atoms with van der Waals surface area (Å²) in [6.07, 6.45) is 15.4. The molecule has 0 saturated carbocycles. The topological polar surface area (TPSA) is 88.2 Å². The monoisotopic (exact) mass is 501 g/mol. The van der Waals surface area contributed by atoms with Crippen LogP contribution < -0.4 is 9.47 Å². The van der Waals surface area contributed by atoms with Gasteiger partial charge in [-0.2, -0.15) is 0 Å². The molecule has 4 rings (SSSR count). The molecule has 2 aromatic heterocycles. The normalized spacial score (nSPS) is 17.2. The number of nitrogens with zero attached hydrogens (tertiary/aromatic N) is 4. The molecule has 1 aliphatic rings. The first kappa shape index (κ1) is 26.0. The van der Waals surface area contributed by atoms with Crippen LogP contribution in [0, 0.1) is 12.8 Å². The highest BCUT2D eigenvalue weighted by atomic mass is 16.6. The molecule has 2 heterocycles. The van der Waals surface area contributed by atoms with Gasteiger partial charge in [0.25, 0.3) is 0 Å². The Hall–Kier alpha value is -4.07. The number of allylic oxidation sites excluding steroid dienone is 3. The van der Waals surface area contributed by atoms with Crippen molar-refractivity contribution in [2.75, 3.05) is 0 Å². The molecule has 0 N–H and O–H groups in total. The Morgan fingerprint density at radius 3 is 2.14 bits per heavy atom. The highest BCUT2D eigenvalue weighted by molar-refractivity contribution is 5.76. The van der Waals surface area contributed by atoms with E-state index in [9.17, 15) is 9.59 Å². The summed E-state index contributed by atoms with van der Waals surface area (Å²) < 4.78 is 14.5. The zero-order valence-corrected chi connectivity index (χ0v) is 21.4. The largest absolute Gasteiger partial charge is 0.424 e. The average molecular weight is 502 g/mol. The molecule has 192 valence electrons. The maximum absolute atomic E-state index is 13.0. The molecule has 1 aromatic carbocycles.